The van der Waals surface area contributed by atoms with Gasteiger partial charge in [0.2, 0.25) is 5.75 Å². The molecule has 1 aliphatic heterocycles. The lowest BCUT2D eigenvalue weighted by molar-refractivity contribution is 0.324. The van der Waals surface area contributed by atoms with Gasteiger partial charge in [0.05, 0.1) is 27.0 Å². The Morgan fingerprint density at radius 2 is 1.72 bits per heavy atom. The zero-order valence-electron chi connectivity index (χ0n) is 18.9. The zero-order valence-corrected chi connectivity index (χ0v) is 18.9. The first-order chi connectivity index (χ1) is 15.4. The number of nitrogens with zero attached hydrogens (tertiary/aromatic N) is 1. The van der Waals surface area contributed by atoms with Crippen molar-refractivity contribution in [2.24, 2.45) is 5.73 Å². The molecular weight excluding hydrogens is 402 g/mol. The summed E-state index contributed by atoms with van der Waals surface area (Å²) in [6.07, 6.45) is 7.77. The van der Waals surface area contributed by atoms with E-state index in [0.717, 1.165) is 28.1 Å². The fourth-order valence-electron chi connectivity index (χ4n) is 3.29. The van der Waals surface area contributed by atoms with E-state index in [4.69, 9.17) is 19.9 Å². The van der Waals surface area contributed by atoms with Gasteiger partial charge in [-0.05, 0) is 42.8 Å². The second-order valence-corrected chi connectivity index (χ2v) is 7.23. The number of methoxy groups -OCH3 is 3. The van der Waals surface area contributed by atoms with Gasteiger partial charge in [-0.25, -0.2) is 0 Å². The van der Waals surface area contributed by atoms with Gasteiger partial charge in [-0.3, -0.25) is 0 Å². The Hall–Kier alpha value is -4.06. The summed E-state index contributed by atoms with van der Waals surface area (Å²) in [5.74, 6) is 1.65. The van der Waals surface area contributed by atoms with E-state index in [-0.39, 0.29) is 0 Å². The molecule has 3 N–H and O–H groups in total. The largest absolute Gasteiger partial charge is 0.493 e. The van der Waals surface area contributed by atoms with E-state index in [0.29, 0.717) is 28.6 Å². The average Bonchev–Trinajstić information content (AvgIpc) is 2.81. The highest BCUT2D eigenvalue weighted by Gasteiger charge is 2.15. The molecule has 6 heteroatoms. The molecule has 6 nitrogen and oxygen atoms in total. The second-order valence-electron chi connectivity index (χ2n) is 7.23. The van der Waals surface area contributed by atoms with E-state index in [9.17, 15) is 0 Å². The van der Waals surface area contributed by atoms with Crippen LogP contribution in [0.15, 0.2) is 85.4 Å². The molecule has 0 unspecified atom stereocenters. The van der Waals surface area contributed by atoms with Gasteiger partial charge < -0.3 is 30.2 Å². The van der Waals surface area contributed by atoms with Crippen molar-refractivity contribution in [1.29, 1.82) is 0 Å². The molecule has 0 bridgehead atoms. The van der Waals surface area contributed by atoms with E-state index in [1.165, 1.54) is 0 Å². The number of benzene rings is 2. The van der Waals surface area contributed by atoms with Gasteiger partial charge in [0.15, 0.2) is 11.5 Å². The smallest absolute Gasteiger partial charge is 0.203 e. The van der Waals surface area contributed by atoms with Crippen LogP contribution in [0.2, 0.25) is 0 Å². The van der Waals surface area contributed by atoms with Crippen molar-refractivity contribution in [3.8, 4) is 17.2 Å². The summed E-state index contributed by atoms with van der Waals surface area (Å²) in [5.41, 5.74) is 12.2. The van der Waals surface area contributed by atoms with Gasteiger partial charge in [0.1, 0.15) is 0 Å². The third kappa shape index (κ3) is 4.81. The first-order valence-corrected chi connectivity index (χ1v) is 10.0. The molecule has 0 atom stereocenters. The average molecular weight is 432 g/mol. The van der Waals surface area contributed by atoms with Gasteiger partial charge in [0.25, 0.3) is 0 Å². The van der Waals surface area contributed by atoms with E-state index in [1.807, 2.05) is 72.8 Å². The molecule has 3 rings (SSSR count). The monoisotopic (exact) mass is 431 g/mol. The van der Waals surface area contributed by atoms with E-state index in [1.54, 1.807) is 21.3 Å². The van der Waals surface area contributed by atoms with E-state index in [2.05, 4.69) is 18.5 Å². The van der Waals surface area contributed by atoms with Crippen molar-refractivity contribution < 1.29 is 14.2 Å². The minimum Gasteiger partial charge on any atom is -0.493 e. The first kappa shape index (κ1) is 22.6. The molecule has 0 radical (unpaired) electrons. The molecule has 0 amide bonds. The Kier molecular flexibility index (Phi) is 6.95. The molecule has 32 heavy (non-hydrogen) atoms. The molecule has 0 saturated carbocycles. The zero-order chi connectivity index (χ0) is 23.3. The first-order valence-electron chi connectivity index (χ1n) is 10.0. The Bertz CT molecular complexity index is 1100. The summed E-state index contributed by atoms with van der Waals surface area (Å²) in [4.78, 5) is 1.92. The van der Waals surface area contributed by atoms with Crippen molar-refractivity contribution >= 4 is 17.1 Å². The van der Waals surface area contributed by atoms with E-state index < -0.39 is 0 Å². The fraction of sp³-hybridized carbons (Fsp3) is 0.154. The number of anilines is 1. The maximum Gasteiger partial charge on any atom is 0.203 e. The minimum absolute atomic E-state index is 0.532. The number of hydrogen-bond acceptors (Lipinski definition) is 6. The van der Waals surface area contributed by atoms with Crippen LogP contribution >= 0.6 is 0 Å². The lowest BCUT2D eigenvalue weighted by Crippen LogP contribution is -2.14. The molecule has 2 aromatic rings. The number of nitrogens with two attached hydrogens (primary N) is 1. The molecule has 2 aromatic carbocycles. The molecule has 0 aliphatic carbocycles. The second kappa shape index (κ2) is 9.83. The lowest BCUT2D eigenvalue weighted by atomic mass is 10.1. The van der Waals surface area contributed by atoms with Gasteiger partial charge in [-0.15, -0.1) is 0 Å². The molecule has 0 saturated heterocycles. The summed E-state index contributed by atoms with van der Waals surface area (Å²) < 4.78 is 16.3. The van der Waals surface area contributed by atoms with Crippen LogP contribution in [-0.4, -0.2) is 26.2 Å². The summed E-state index contributed by atoms with van der Waals surface area (Å²) >= 11 is 0. The van der Waals surface area contributed by atoms with Crippen LogP contribution in [0.1, 0.15) is 18.1 Å². The summed E-state index contributed by atoms with van der Waals surface area (Å²) in [6, 6.07) is 11.5. The maximum atomic E-state index is 6.38. The minimum atomic E-state index is 0.532. The van der Waals surface area contributed by atoms with E-state index >= 15 is 0 Å². The summed E-state index contributed by atoms with van der Waals surface area (Å²) in [5, 5.41) is 3.33. The number of allylic oxidation sites excluding steroid dienone is 3. The molecule has 0 aromatic heterocycles. The third-order valence-corrected chi connectivity index (χ3v) is 5.14. The molecule has 0 fully saturated rings. The normalized spacial score (nSPS) is 13.5. The Morgan fingerprint density at radius 3 is 2.34 bits per heavy atom. The van der Waals surface area contributed by atoms with Gasteiger partial charge in [-0.1, -0.05) is 31.4 Å². The number of hydrogen-bond donors (Lipinski definition) is 2. The highest BCUT2D eigenvalue weighted by Crippen LogP contribution is 2.39. The maximum absolute atomic E-state index is 6.38. The van der Waals surface area contributed by atoms with Crippen LogP contribution in [0.25, 0.3) is 11.4 Å². The predicted molar refractivity (Wildman–Crippen MR) is 131 cm³/mol. The lowest BCUT2D eigenvalue weighted by Gasteiger charge is -2.23. The van der Waals surface area contributed by atoms with Crippen molar-refractivity contribution in [1.82, 2.24) is 4.90 Å². The highest BCUT2D eigenvalue weighted by atomic mass is 16.5. The van der Waals surface area contributed by atoms with Crippen molar-refractivity contribution in [2.75, 3.05) is 26.6 Å². The quantitative estimate of drug-likeness (QED) is 0.588. The number of nitrogens with one attached hydrogen (secondary N) is 1. The molecule has 166 valence electrons. The SMILES string of the molecule is C=C(Nc1cccc(/C(N)=C/N2C=CC=C(C)C2=C)c1)c1cc(OC)c(OC)c(OC)c1. The van der Waals surface area contributed by atoms with Gasteiger partial charge in [-0.2, -0.15) is 0 Å². The molecule has 1 aliphatic rings. The van der Waals surface area contributed by atoms with Crippen LogP contribution in [0.5, 0.6) is 17.2 Å². The third-order valence-electron chi connectivity index (χ3n) is 5.14. The van der Waals surface area contributed by atoms with Crippen LogP contribution in [0.3, 0.4) is 0 Å². The van der Waals surface area contributed by atoms with Gasteiger partial charge in [0, 0.05) is 40.6 Å². The Balaban J connectivity index is 1.83. The van der Waals surface area contributed by atoms with Crippen LogP contribution in [0, 0.1) is 0 Å². The summed E-state index contributed by atoms with van der Waals surface area (Å²) in [7, 11) is 4.74. The molecule has 0 spiro atoms. The predicted octanol–water partition coefficient (Wildman–Crippen LogP) is 5.34. The van der Waals surface area contributed by atoms with Crippen LogP contribution in [0.4, 0.5) is 5.69 Å². The fourth-order valence-corrected chi connectivity index (χ4v) is 3.29. The van der Waals surface area contributed by atoms with Crippen molar-refractivity contribution in [3.63, 3.8) is 0 Å². The van der Waals surface area contributed by atoms with Crippen molar-refractivity contribution in [2.45, 2.75) is 6.92 Å². The standard InChI is InChI=1S/C26H29N3O3/c1-17-9-8-12-29(19(17)3)16-23(27)20-10-7-11-22(13-20)28-18(2)21-14-24(30-4)26(32-6)25(15-21)31-5/h7-16,28H,2-3,27H2,1,4-6H3/b23-16-. The Morgan fingerprint density at radius 1 is 1.03 bits per heavy atom. The van der Waals surface area contributed by atoms with Crippen LogP contribution in [-0.2, 0) is 0 Å². The Labute approximate surface area is 189 Å². The molecular formula is C26H29N3O3. The highest BCUT2D eigenvalue weighted by molar-refractivity contribution is 5.79. The van der Waals surface area contributed by atoms with Crippen LogP contribution < -0.4 is 25.3 Å². The number of rotatable bonds is 8. The molecule has 1 heterocycles. The van der Waals surface area contributed by atoms with Gasteiger partial charge >= 0.3 is 0 Å². The topological polar surface area (TPSA) is 69.0 Å². The summed E-state index contributed by atoms with van der Waals surface area (Å²) in [6.45, 7) is 10.3. The van der Waals surface area contributed by atoms with Crippen molar-refractivity contribution in [3.05, 3.63) is 96.5 Å². The number of ether oxygens (including phenoxy) is 3.